The van der Waals surface area contributed by atoms with Crippen molar-refractivity contribution in [3.05, 3.63) is 57.8 Å². The summed E-state index contributed by atoms with van der Waals surface area (Å²) in [6, 6.07) is 9.35. The number of ether oxygens (including phenoxy) is 1. The first-order valence-corrected chi connectivity index (χ1v) is 8.70. The minimum atomic E-state index is -0.612. The summed E-state index contributed by atoms with van der Waals surface area (Å²) in [5, 5.41) is 2.59. The van der Waals surface area contributed by atoms with Gasteiger partial charge >= 0.3 is 6.09 Å². The van der Waals surface area contributed by atoms with Crippen molar-refractivity contribution in [2.75, 3.05) is 0 Å². The van der Waals surface area contributed by atoms with Crippen molar-refractivity contribution >= 4 is 27.9 Å². The van der Waals surface area contributed by atoms with Gasteiger partial charge < -0.3 is 15.8 Å². The van der Waals surface area contributed by atoms with Gasteiger partial charge in [-0.2, -0.15) is 0 Å². The van der Waals surface area contributed by atoms with E-state index in [-0.39, 0.29) is 6.54 Å². The molecule has 2 amide bonds. The van der Waals surface area contributed by atoms with Gasteiger partial charge in [-0.1, -0.05) is 15.9 Å². The van der Waals surface area contributed by atoms with Crippen LogP contribution in [0.25, 0.3) is 11.1 Å². The van der Waals surface area contributed by atoms with Crippen LogP contribution >= 0.6 is 15.9 Å². The molecule has 138 valence electrons. The lowest BCUT2D eigenvalue weighted by Crippen LogP contribution is -2.32. The number of alkyl carbamates (subject to hydrolysis) is 1. The van der Waals surface area contributed by atoms with E-state index in [9.17, 15) is 14.0 Å². The fourth-order valence-corrected chi connectivity index (χ4v) is 2.80. The van der Waals surface area contributed by atoms with Gasteiger partial charge in [0.05, 0.1) is 0 Å². The third kappa shape index (κ3) is 5.84. The number of carbonyl (C=O) groups is 2. The van der Waals surface area contributed by atoms with E-state index in [1.807, 2.05) is 0 Å². The zero-order valence-corrected chi connectivity index (χ0v) is 16.3. The predicted molar refractivity (Wildman–Crippen MR) is 101 cm³/mol. The SMILES string of the molecule is CC(C)(C)OC(=O)NCc1cc(F)cc(-c2cc(Br)cc(C(N)=O)c2)c1. The van der Waals surface area contributed by atoms with Crippen LogP contribution in [0.5, 0.6) is 0 Å². The number of nitrogens with one attached hydrogen (secondary N) is 1. The summed E-state index contributed by atoms with van der Waals surface area (Å²) in [5.74, 6) is -1.03. The molecule has 0 aliphatic rings. The van der Waals surface area contributed by atoms with Crippen molar-refractivity contribution in [1.82, 2.24) is 5.32 Å². The van der Waals surface area contributed by atoms with E-state index in [1.54, 1.807) is 45.0 Å². The van der Waals surface area contributed by atoms with E-state index in [0.29, 0.717) is 26.7 Å². The summed E-state index contributed by atoms with van der Waals surface area (Å²) in [5.41, 5.74) is 6.78. The number of halogens is 2. The Bertz CT molecular complexity index is 847. The highest BCUT2D eigenvalue weighted by Crippen LogP contribution is 2.27. The van der Waals surface area contributed by atoms with E-state index in [1.165, 1.54) is 12.1 Å². The second-order valence-electron chi connectivity index (χ2n) is 6.80. The Hall–Kier alpha value is -2.41. The average molecular weight is 423 g/mol. The van der Waals surface area contributed by atoms with E-state index in [0.717, 1.165) is 0 Å². The van der Waals surface area contributed by atoms with E-state index in [2.05, 4.69) is 21.2 Å². The van der Waals surface area contributed by atoms with Crippen molar-refractivity contribution in [3.8, 4) is 11.1 Å². The highest BCUT2D eigenvalue weighted by Gasteiger charge is 2.16. The van der Waals surface area contributed by atoms with E-state index < -0.39 is 23.4 Å². The number of carbonyl (C=O) groups excluding carboxylic acids is 2. The van der Waals surface area contributed by atoms with Gasteiger partial charge in [0.25, 0.3) is 0 Å². The van der Waals surface area contributed by atoms with Crippen LogP contribution in [0, 0.1) is 5.82 Å². The fourth-order valence-electron chi connectivity index (χ4n) is 2.31. The number of hydrogen-bond acceptors (Lipinski definition) is 3. The summed E-state index contributed by atoms with van der Waals surface area (Å²) >= 11 is 3.32. The summed E-state index contributed by atoms with van der Waals surface area (Å²) in [7, 11) is 0. The molecular weight excluding hydrogens is 403 g/mol. The molecule has 0 atom stereocenters. The molecule has 0 fully saturated rings. The maximum absolute atomic E-state index is 14.0. The standard InChI is InChI=1S/C19H20BrFN2O3/c1-19(2,3)26-18(25)23-10-11-4-12(9-16(21)5-11)13-6-14(17(22)24)8-15(20)7-13/h4-9H,10H2,1-3H3,(H2,22,24)(H,23,25). The molecule has 2 rings (SSSR count). The molecule has 0 heterocycles. The van der Waals surface area contributed by atoms with Crippen molar-refractivity contribution in [2.24, 2.45) is 5.73 Å². The fraction of sp³-hybridized carbons (Fsp3) is 0.263. The van der Waals surface area contributed by atoms with E-state index >= 15 is 0 Å². The highest BCUT2D eigenvalue weighted by atomic mass is 79.9. The van der Waals surface area contributed by atoms with Crippen LogP contribution in [0.4, 0.5) is 9.18 Å². The van der Waals surface area contributed by atoms with Crippen molar-refractivity contribution < 1.29 is 18.7 Å². The van der Waals surface area contributed by atoms with Crippen LogP contribution in [0.2, 0.25) is 0 Å². The minimum Gasteiger partial charge on any atom is -0.444 e. The molecule has 3 N–H and O–H groups in total. The molecule has 0 saturated carbocycles. The third-order valence-electron chi connectivity index (χ3n) is 3.31. The lowest BCUT2D eigenvalue weighted by Gasteiger charge is -2.19. The first-order chi connectivity index (χ1) is 12.0. The maximum Gasteiger partial charge on any atom is 0.407 e. The zero-order chi connectivity index (χ0) is 19.5. The zero-order valence-electron chi connectivity index (χ0n) is 14.7. The molecular formula is C19H20BrFN2O3. The van der Waals surface area contributed by atoms with Crippen LogP contribution < -0.4 is 11.1 Å². The van der Waals surface area contributed by atoms with Crippen molar-refractivity contribution in [1.29, 1.82) is 0 Å². The summed E-state index contributed by atoms with van der Waals surface area (Å²) < 4.78 is 19.8. The number of hydrogen-bond donors (Lipinski definition) is 2. The molecule has 0 bridgehead atoms. The molecule has 0 aliphatic carbocycles. The Morgan fingerprint density at radius 1 is 1.12 bits per heavy atom. The molecule has 7 heteroatoms. The number of primary amides is 1. The molecule has 2 aromatic carbocycles. The summed E-state index contributed by atoms with van der Waals surface area (Å²) in [6.45, 7) is 5.39. The Morgan fingerprint density at radius 2 is 1.77 bits per heavy atom. The van der Waals surface area contributed by atoms with Gasteiger partial charge in [0.15, 0.2) is 0 Å². The molecule has 5 nitrogen and oxygen atoms in total. The van der Waals surface area contributed by atoms with Crippen LogP contribution in [0.1, 0.15) is 36.7 Å². The lowest BCUT2D eigenvalue weighted by molar-refractivity contribution is 0.0523. The topological polar surface area (TPSA) is 81.4 Å². The second kappa shape index (κ2) is 7.86. The first kappa shape index (κ1) is 19.9. The lowest BCUT2D eigenvalue weighted by atomic mass is 10.0. The maximum atomic E-state index is 14.0. The van der Waals surface area contributed by atoms with Crippen LogP contribution in [0.15, 0.2) is 40.9 Å². The minimum absolute atomic E-state index is 0.107. The number of benzene rings is 2. The van der Waals surface area contributed by atoms with Gasteiger partial charge in [-0.15, -0.1) is 0 Å². The molecule has 26 heavy (non-hydrogen) atoms. The number of nitrogens with two attached hydrogens (primary N) is 1. The molecule has 2 aromatic rings. The molecule has 0 radical (unpaired) electrons. The van der Waals surface area contributed by atoms with Gasteiger partial charge in [-0.05, 0) is 73.9 Å². The average Bonchev–Trinajstić information content (AvgIpc) is 2.50. The molecule has 0 spiro atoms. The number of amides is 2. The van der Waals surface area contributed by atoms with Gasteiger partial charge in [0.1, 0.15) is 11.4 Å². The summed E-state index contributed by atoms with van der Waals surface area (Å²) in [6.07, 6.45) is -0.582. The van der Waals surface area contributed by atoms with Crippen LogP contribution in [0.3, 0.4) is 0 Å². The van der Waals surface area contributed by atoms with Crippen molar-refractivity contribution in [2.45, 2.75) is 32.9 Å². The van der Waals surface area contributed by atoms with Gasteiger partial charge in [-0.3, -0.25) is 4.79 Å². The Balaban J connectivity index is 2.25. The van der Waals surface area contributed by atoms with Crippen LogP contribution in [-0.2, 0) is 11.3 Å². The smallest absolute Gasteiger partial charge is 0.407 e. The van der Waals surface area contributed by atoms with Gasteiger partial charge in [-0.25, -0.2) is 9.18 Å². The molecule has 0 unspecified atom stereocenters. The highest BCUT2D eigenvalue weighted by molar-refractivity contribution is 9.10. The first-order valence-electron chi connectivity index (χ1n) is 7.90. The second-order valence-corrected chi connectivity index (χ2v) is 7.71. The quantitative estimate of drug-likeness (QED) is 0.766. The molecule has 0 saturated heterocycles. The molecule has 0 aliphatic heterocycles. The van der Waals surface area contributed by atoms with Gasteiger partial charge in [0.2, 0.25) is 5.91 Å². The monoisotopic (exact) mass is 422 g/mol. The van der Waals surface area contributed by atoms with E-state index in [4.69, 9.17) is 10.5 Å². The Labute approximate surface area is 159 Å². The third-order valence-corrected chi connectivity index (χ3v) is 3.77. The summed E-state index contributed by atoms with van der Waals surface area (Å²) in [4.78, 5) is 23.2. The Kier molecular flexibility index (Phi) is 6.02. The molecule has 0 aromatic heterocycles. The Morgan fingerprint density at radius 3 is 2.38 bits per heavy atom. The predicted octanol–water partition coefficient (Wildman–Crippen LogP) is 4.38. The van der Waals surface area contributed by atoms with Crippen molar-refractivity contribution in [3.63, 3.8) is 0 Å². The largest absolute Gasteiger partial charge is 0.444 e. The normalized spacial score (nSPS) is 11.1. The van der Waals surface area contributed by atoms with Crippen LogP contribution in [-0.4, -0.2) is 17.6 Å². The number of rotatable bonds is 4. The van der Waals surface area contributed by atoms with Gasteiger partial charge in [0, 0.05) is 16.6 Å².